The fraction of sp³-hybridized carbons (Fsp3) is 0.250. The molecule has 4 rings (SSSR count). The minimum Gasteiger partial charge on any atom is -0.350 e. The number of fused-ring (bicyclic) bond motifs is 1. The number of nitrogens with zero attached hydrogens (tertiary/aromatic N) is 2. The van der Waals surface area contributed by atoms with Crippen LogP contribution >= 0.6 is 11.3 Å². The van der Waals surface area contributed by atoms with E-state index >= 15 is 0 Å². The summed E-state index contributed by atoms with van der Waals surface area (Å²) in [6, 6.07) is 11.7. The van der Waals surface area contributed by atoms with E-state index in [1.54, 1.807) is 29.2 Å². The van der Waals surface area contributed by atoms with E-state index in [1.807, 2.05) is 13.8 Å². The number of thiazole rings is 1. The molecule has 3 aromatic rings. The molecule has 0 unspecified atom stereocenters. The second-order valence-corrected chi connectivity index (χ2v) is 9.21. The first kappa shape index (κ1) is 23.4. The van der Waals surface area contributed by atoms with Gasteiger partial charge in [0.1, 0.15) is 5.82 Å². The maximum Gasteiger partial charge on any atom is 0.325 e. The van der Waals surface area contributed by atoms with Crippen LogP contribution in [0.1, 0.15) is 45.1 Å². The number of urea groups is 1. The number of halogens is 1. The first-order chi connectivity index (χ1) is 16.3. The zero-order valence-corrected chi connectivity index (χ0v) is 19.5. The van der Waals surface area contributed by atoms with Crippen molar-refractivity contribution in [2.45, 2.75) is 32.9 Å². The molecule has 0 aliphatic carbocycles. The van der Waals surface area contributed by atoms with Crippen LogP contribution in [0.4, 0.5) is 20.0 Å². The van der Waals surface area contributed by atoms with Gasteiger partial charge in [0.05, 0.1) is 23.5 Å². The number of hydrogen-bond donors (Lipinski definition) is 3. The Hall–Kier alpha value is -3.79. The SMILES string of the molecule is CC(C)NC(=O)c1ccccc1NC(=O)Nc1nc2c(s1)CN(C(=O)c1ccc(F)cc1)CC2. The number of aromatic nitrogens is 1. The zero-order valence-electron chi connectivity index (χ0n) is 18.7. The van der Waals surface area contributed by atoms with Crippen molar-refractivity contribution in [3.8, 4) is 0 Å². The van der Waals surface area contributed by atoms with Gasteiger partial charge in [-0.25, -0.2) is 14.2 Å². The molecule has 0 saturated carbocycles. The van der Waals surface area contributed by atoms with Crippen molar-refractivity contribution in [3.05, 3.63) is 76.0 Å². The Morgan fingerprint density at radius 2 is 1.79 bits per heavy atom. The van der Waals surface area contributed by atoms with E-state index in [0.29, 0.717) is 41.5 Å². The molecule has 10 heteroatoms. The molecular weight excluding hydrogens is 457 g/mol. The number of benzene rings is 2. The van der Waals surface area contributed by atoms with Crippen LogP contribution in [-0.2, 0) is 13.0 Å². The zero-order chi connectivity index (χ0) is 24.2. The van der Waals surface area contributed by atoms with Crippen LogP contribution in [0.25, 0.3) is 0 Å². The summed E-state index contributed by atoms with van der Waals surface area (Å²) in [5.74, 6) is -0.846. The molecule has 34 heavy (non-hydrogen) atoms. The summed E-state index contributed by atoms with van der Waals surface area (Å²) in [4.78, 5) is 44.8. The van der Waals surface area contributed by atoms with Crippen LogP contribution < -0.4 is 16.0 Å². The quantitative estimate of drug-likeness (QED) is 0.507. The maximum absolute atomic E-state index is 13.2. The normalized spacial score (nSPS) is 12.8. The fourth-order valence-corrected chi connectivity index (χ4v) is 4.60. The van der Waals surface area contributed by atoms with Crippen LogP contribution in [0.2, 0.25) is 0 Å². The van der Waals surface area contributed by atoms with E-state index in [-0.39, 0.29) is 17.9 Å². The number of carbonyl (C=O) groups is 3. The van der Waals surface area contributed by atoms with Gasteiger partial charge in [0, 0.05) is 29.4 Å². The van der Waals surface area contributed by atoms with Gasteiger partial charge in [-0.2, -0.15) is 0 Å². The number of para-hydroxylation sites is 1. The average molecular weight is 482 g/mol. The third-order valence-corrected chi connectivity index (χ3v) is 6.17. The first-order valence-electron chi connectivity index (χ1n) is 10.8. The van der Waals surface area contributed by atoms with Gasteiger partial charge in [0.15, 0.2) is 5.13 Å². The molecule has 3 N–H and O–H groups in total. The summed E-state index contributed by atoms with van der Waals surface area (Å²) in [6.07, 6.45) is 0.556. The highest BCUT2D eigenvalue weighted by Crippen LogP contribution is 2.29. The molecule has 8 nitrogen and oxygen atoms in total. The maximum atomic E-state index is 13.2. The molecule has 176 valence electrons. The number of carbonyl (C=O) groups excluding carboxylic acids is 3. The number of nitrogens with one attached hydrogen (secondary N) is 3. The Labute approximate surface area is 200 Å². The number of hydrogen-bond acceptors (Lipinski definition) is 5. The van der Waals surface area contributed by atoms with Gasteiger partial charge >= 0.3 is 6.03 Å². The molecule has 1 aliphatic heterocycles. The number of anilines is 2. The third-order valence-electron chi connectivity index (χ3n) is 5.17. The number of rotatable bonds is 5. The Bertz CT molecular complexity index is 1230. The number of amides is 4. The Kier molecular flexibility index (Phi) is 6.87. The second kappa shape index (κ2) is 10.0. The smallest absolute Gasteiger partial charge is 0.325 e. The largest absolute Gasteiger partial charge is 0.350 e. The molecule has 2 aromatic carbocycles. The molecule has 0 saturated heterocycles. The molecule has 0 spiro atoms. The van der Waals surface area contributed by atoms with E-state index in [2.05, 4.69) is 20.9 Å². The monoisotopic (exact) mass is 481 g/mol. The van der Waals surface area contributed by atoms with Gasteiger partial charge in [-0.05, 0) is 50.2 Å². The van der Waals surface area contributed by atoms with Crippen molar-refractivity contribution >= 4 is 40.0 Å². The standard InChI is InChI=1S/C24H24FN5O3S/c1-14(2)26-21(31)17-5-3-4-6-18(17)27-23(33)29-24-28-19-11-12-30(13-20(19)34-24)22(32)15-7-9-16(25)10-8-15/h3-10,14H,11-13H2,1-2H3,(H,26,31)(H2,27,28,29,33). The van der Waals surface area contributed by atoms with Gasteiger partial charge in [-0.1, -0.05) is 23.5 Å². The topological polar surface area (TPSA) is 103 Å². The Morgan fingerprint density at radius 1 is 1.06 bits per heavy atom. The van der Waals surface area contributed by atoms with E-state index in [4.69, 9.17) is 0 Å². The highest BCUT2D eigenvalue weighted by molar-refractivity contribution is 7.15. The first-order valence-corrected chi connectivity index (χ1v) is 11.6. The van der Waals surface area contributed by atoms with Gasteiger partial charge in [0.25, 0.3) is 11.8 Å². The van der Waals surface area contributed by atoms with E-state index in [0.717, 1.165) is 10.6 Å². The molecule has 1 aliphatic rings. The summed E-state index contributed by atoms with van der Waals surface area (Å²) in [5, 5.41) is 8.64. The molecule has 0 bridgehead atoms. The summed E-state index contributed by atoms with van der Waals surface area (Å²) >= 11 is 1.30. The van der Waals surface area contributed by atoms with Crippen LogP contribution in [0, 0.1) is 5.82 Å². The van der Waals surface area contributed by atoms with Gasteiger partial charge in [-0.15, -0.1) is 0 Å². The molecule has 2 heterocycles. The van der Waals surface area contributed by atoms with Crippen molar-refractivity contribution in [2.75, 3.05) is 17.2 Å². The van der Waals surface area contributed by atoms with E-state index < -0.39 is 11.8 Å². The van der Waals surface area contributed by atoms with Gasteiger partial charge in [0.2, 0.25) is 0 Å². The molecule has 0 radical (unpaired) electrons. The molecule has 0 atom stereocenters. The van der Waals surface area contributed by atoms with Gasteiger partial charge < -0.3 is 15.5 Å². The summed E-state index contributed by atoms with van der Waals surface area (Å²) in [5.41, 5.74) is 2.00. The lowest BCUT2D eigenvalue weighted by molar-refractivity contribution is 0.0736. The lowest BCUT2D eigenvalue weighted by Gasteiger charge is -2.26. The van der Waals surface area contributed by atoms with Crippen LogP contribution in [0.5, 0.6) is 0 Å². The second-order valence-electron chi connectivity index (χ2n) is 8.13. The summed E-state index contributed by atoms with van der Waals surface area (Å²) < 4.78 is 13.2. The average Bonchev–Trinajstić information content (AvgIpc) is 3.20. The van der Waals surface area contributed by atoms with Crippen molar-refractivity contribution in [1.82, 2.24) is 15.2 Å². The van der Waals surface area contributed by atoms with Crippen LogP contribution in [0.3, 0.4) is 0 Å². The van der Waals surface area contributed by atoms with Crippen molar-refractivity contribution in [2.24, 2.45) is 0 Å². The molecular formula is C24H24FN5O3S. The van der Waals surface area contributed by atoms with Gasteiger partial charge in [-0.3, -0.25) is 14.9 Å². The predicted octanol–water partition coefficient (Wildman–Crippen LogP) is 4.26. The minimum atomic E-state index is -0.518. The van der Waals surface area contributed by atoms with E-state index in [1.165, 1.54) is 35.6 Å². The van der Waals surface area contributed by atoms with Crippen LogP contribution in [-0.4, -0.2) is 40.3 Å². The third kappa shape index (κ3) is 5.40. The molecule has 0 fully saturated rings. The lowest BCUT2D eigenvalue weighted by atomic mass is 10.1. The highest BCUT2D eigenvalue weighted by Gasteiger charge is 2.25. The lowest BCUT2D eigenvalue weighted by Crippen LogP contribution is -2.35. The molecule has 4 amide bonds. The van der Waals surface area contributed by atoms with Crippen molar-refractivity contribution in [3.63, 3.8) is 0 Å². The van der Waals surface area contributed by atoms with Crippen molar-refractivity contribution < 1.29 is 18.8 Å². The Balaban J connectivity index is 1.41. The minimum absolute atomic E-state index is 0.0365. The van der Waals surface area contributed by atoms with E-state index in [9.17, 15) is 18.8 Å². The Morgan fingerprint density at radius 3 is 2.53 bits per heavy atom. The van der Waals surface area contributed by atoms with Crippen LogP contribution in [0.15, 0.2) is 48.5 Å². The fourth-order valence-electron chi connectivity index (χ4n) is 3.58. The molecule has 1 aromatic heterocycles. The van der Waals surface area contributed by atoms with Crippen molar-refractivity contribution in [1.29, 1.82) is 0 Å². The summed E-state index contributed by atoms with van der Waals surface area (Å²) in [6.45, 7) is 4.57. The predicted molar refractivity (Wildman–Crippen MR) is 129 cm³/mol. The summed E-state index contributed by atoms with van der Waals surface area (Å²) in [7, 11) is 0. The highest BCUT2D eigenvalue weighted by atomic mass is 32.1.